The molecule has 0 saturated heterocycles. The Morgan fingerprint density at radius 2 is 1.85 bits per heavy atom. The number of alkyl halides is 3. The number of fused-ring (bicyclic) bond motifs is 2. The van der Waals surface area contributed by atoms with Crippen LogP contribution in [0.15, 0.2) is 60.8 Å². The zero-order chi connectivity index (χ0) is 18.3. The lowest BCUT2D eigenvalue weighted by Crippen LogP contribution is -2.12. The molecule has 3 nitrogen and oxygen atoms in total. The molecule has 1 atom stereocenters. The van der Waals surface area contributed by atoms with Gasteiger partial charge in [0.05, 0.1) is 17.1 Å². The van der Waals surface area contributed by atoms with Crippen molar-refractivity contribution in [3.8, 4) is 0 Å². The van der Waals surface area contributed by atoms with Crippen molar-refractivity contribution >= 4 is 27.5 Å². The molecule has 0 radical (unpaired) electrons. The lowest BCUT2D eigenvalue weighted by molar-refractivity contribution is -0.140. The molecule has 0 spiro atoms. The van der Waals surface area contributed by atoms with Gasteiger partial charge in [0, 0.05) is 17.3 Å². The van der Waals surface area contributed by atoms with E-state index < -0.39 is 11.9 Å². The van der Waals surface area contributed by atoms with E-state index >= 15 is 0 Å². The molecular weight excluding hydrogens is 339 g/mol. The van der Waals surface area contributed by atoms with Crippen LogP contribution >= 0.6 is 0 Å². The Morgan fingerprint density at radius 3 is 2.65 bits per heavy atom. The lowest BCUT2D eigenvalue weighted by Gasteiger charge is -2.19. The van der Waals surface area contributed by atoms with Crippen LogP contribution in [0.4, 0.5) is 18.9 Å². The van der Waals surface area contributed by atoms with Gasteiger partial charge in [0.15, 0.2) is 0 Å². The van der Waals surface area contributed by atoms with Crippen molar-refractivity contribution in [2.75, 3.05) is 5.32 Å². The predicted molar refractivity (Wildman–Crippen MR) is 97.1 cm³/mol. The first-order chi connectivity index (χ1) is 12.4. The van der Waals surface area contributed by atoms with Crippen molar-refractivity contribution in [3.05, 3.63) is 72.1 Å². The first kappa shape index (κ1) is 16.4. The van der Waals surface area contributed by atoms with E-state index in [0.717, 1.165) is 22.5 Å². The van der Waals surface area contributed by atoms with Crippen LogP contribution in [0.3, 0.4) is 0 Å². The van der Waals surface area contributed by atoms with Crippen molar-refractivity contribution in [2.24, 2.45) is 0 Å². The highest BCUT2D eigenvalue weighted by molar-refractivity contribution is 5.92. The molecule has 0 aliphatic carbocycles. The number of hydrogen-bond donors (Lipinski definition) is 2. The Morgan fingerprint density at radius 1 is 1.04 bits per heavy atom. The lowest BCUT2D eigenvalue weighted by atomic mass is 10.0. The van der Waals surface area contributed by atoms with E-state index in [2.05, 4.69) is 15.3 Å². The number of para-hydroxylation sites is 2. The van der Waals surface area contributed by atoms with Crippen LogP contribution in [0.5, 0.6) is 0 Å². The molecule has 0 aliphatic rings. The smallest absolute Gasteiger partial charge is 0.378 e. The highest BCUT2D eigenvalue weighted by Crippen LogP contribution is 2.35. The van der Waals surface area contributed by atoms with Crippen LogP contribution in [-0.4, -0.2) is 9.97 Å². The van der Waals surface area contributed by atoms with E-state index in [1.54, 1.807) is 24.3 Å². The maximum atomic E-state index is 13.2. The molecule has 26 heavy (non-hydrogen) atoms. The van der Waals surface area contributed by atoms with Gasteiger partial charge in [-0.1, -0.05) is 36.4 Å². The van der Waals surface area contributed by atoms with E-state index in [-0.39, 0.29) is 6.04 Å². The number of hydrogen-bond acceptors (Lipinski definition) is 2. The van der Waals surface area contributed by atoms with Gasteiger partial charge in [0.25, 0.3) is 0 Å². The summed E-state index contributed by atoms with van der Waals surface area (Å²) in [5.41, 5.74) is 1.79. The topological polar surface area (TPSA) is 40.7 Å². The summed E-state index contributed by atoms with van der Waals surface area (Å²) >= 11 is 0. The van der Waals surface area contributed by atoms with E-state index in [9.17, 15) is 13.2 Å². The van der Waals surface area contributed by atoms with Gasteiger partial charge in [0.1, 0.15) is 5.69 Å². The molecule has 0 aliphatic heterocycles. The van der Waals surface area contributed by atoms with Gasteiger partial charge in [-0.3, -0.25) is 0 Å². The summed E-state index contributed by atoms with van der Waals surface area (Å²) in [5.74, 6) is 0. The number of H-pyrrole nitrogens is 1. The molecule has 0 saturated carbocycles. The van der Waals surface area contributed by atoms with Gasteiger partial charge in [-0.2, -0.15) is 13.2 Å². The van der Waals surface area contributed by atoms with Crippen LogP contribution in [-0.2, 0) is 6.18 Å². The van der Waals surface area contributed by atoms with Gasteiger partial charge < -0.3 is 10.3 Å². The van der Waals surface area contributed by atoms with E-state index in [4.69, 9.17) is 0 Å². The third kappa shape index (κ3) is 2.87. The molecule has 2 heterocycles. The molecule has 2 aromatic heterocycles. The first-order valence-electron chi connectivity index (χ1n) is 8.23. The quantitative estimate of drug-likeness (QED) is 0.480. The van der Waals surface area contributed by atoms with Crippen molar-refractivity contribution in [2.45, 2.75) is 19.1 Å². The van der Waals surface area contributed by atoms with Crippen molar-refractivity contribution in [1.82, 2.24) is 9.97 Å². The van der Waals surface area contributed by atoms with Crippen LogP contribution in [0.1, 0.15) is 24.2 Å². The van der Waals surface area contributed by atoms with Gasteiger partial charge >= 0.3 is 6.18 Å². The molecule has 4 aromatic rings. The summed E-state index contributed by atoms with van der Waals surface area (Å²) in [6.45, 7) is 1.93. The minimum Gasteiger partial charge on any atom is -0.378 e. The number of pyridine rings is 1. The fraction of sp³-hybridized carbons (Fsp3) is 0.150. The standard InChI is InChI=1S/C20H16F3N3/c1-12(14-7-4-5-13-9-10-24-19(13)14)25-17-11-18(20(21,22)23)26-16-8-3-2-6-15(16)17/h2-12,24H,1H3,(H,25,26). The van der Waals surface area contributed by atoms with Crippen molar-refractivity contribution in [3.63, 3.8) is 0 Å². The maximum absolute atomic E-state index is 13.2. The number of benzene rings is 2. The molecule has 6 heteroatoms. The maximum Gasteiger partial charge on any atom is 0.433 e. The SMILES string of the molecule is CC(Nc1cc(C(F)(F)F)nc2ccccc12)c1cccc2cc[nH]c12. The molecule has 2 N–H and O–H groups in total. The molecule has 0 bridgehead atoms. The Labute approximate surface area is 147 Å². The second-order valence-corrected chi connectivity index (χ2v) is 6.23. The zero-order valence-electron chi connectivity index (χ0n) is 13.9. The van der Waals surface area contributed by atoms with E-state index in [1.165, 1.54) is 0 Å². The number of nitrogens with one attached hydrogen (secondary N) is 2. The normalized spacial score (nSPS) is 13.2. The molecule has 2 aromatic carbocycles. The summed E-state index contributed by atoms with van der Waals surface area (Å²) in [4.78, 5) is 6.95. The number of nitrogens with zero attached hydrogens (tertiary/aromatic N) is 1. The number of aromatic amines is 1. The van der Waals surface area contributed by atoms with Crippen molar-refractivity contribution in [1.29, 1.82) is 0 Å². The minimum atomic E-state index is -4.50. The summed E-state index contributed by atoms with van der Waals surface area (Å²) in [6, 6.07) is 15.6. The average molecular weight is 355 g/mol. The molecule has 132 valence electrons. The molecule has 4 rings (SSSR count). The summed E-state index contributed by atoms with van der Waals surface area (Å²) in [6.07, 6.45) is -2.65. The first-order valence-corrected chi connectivity index (χ1v) is 8.23. The Bertz CT molecular complexity index is 1080. The van der Waals surface area contributed by atoms with Crippen molar-refractivity contribution < 1.29 is 13.2 Å². The summed E-state index contributed by atoms with van der Waals surface area (Å²) < 4.78 is 39.7. The van der Waals surface area contributed by atoms with Crippen LogP contribution in [0.2, 0.25) is 0 Å². The number of anilines is 1. The molecule has 0 amide bonds. The third-order valence-electron chi connectivity index (χ3n) is 4.46. The van der Waals surface area contributed by atoms with Crippen LogP contribution < -0.4 is 5.32 Å². The second-order valence-electron chi connectivity index (χ2n) is 6.23. The monoisotopic (exact) mass is 355 g/mol. The largest absolute Gasteiger partial charge is 0.433 e. The number of halogens is 3. The van der Waals surface area contributed by atoms with Gasteiger partial charge in [-0.05, 0) is 36.1 Å². The fourth-order valence-corrected chi connectivity index (χ4v) is 3.22. The zero-order valence-corrected chi connectivity index (χ0v) is 13.9. The predicted octanol–water partition coefficient (Wildman–Crippen LogP) is 5.91. The minimum absolute atomic E-state index is 0.191. The number of aromatic nitrogens is 2. The highest BCUT2D eigenvalue weighted by atomic mass is 19.4. The number of rotatable bonds is 3. The highest BCUT2D eigenvalue weighted by Gasteiger charge is 2.33. The van der Waals surface area contributed by atoms with Gasteiger partial charge in [-0.15, -0.1) is 0 Å². The molecule has 1 unspecified atom stereocenters. The Hall–Kier alpha value is -3.02. The van der Waals surface area contributed by atoms with Gasteiger partial charge in [0.2, 0.25) is 0 Å². The van der Waals surface area contributed by atoms with E-state index in [0.29, 0.717) is 16.6 Å². The fourth-order valence-electron chi connectivity index (χ4n) is 3.22. The average Bonchev–Trinajstić information content (AvgIpc) is 3.09. The van der Waals surface area contributed by atoms with Crippen LogP contribution in [0.25, 0.3) is 21.8 Å². The molecular formula is C20H16F3N3. The van der Waals surface area contributed by atoms with E-state index in [1.807, 2.05) is 37.4 Å². The third-order valence-corrected chi connectivity index (χ3v) is 4.46. The summed E-state index contributed by atoms with van der Waals surface area (Å²) in [5, 5.41) is 4.96. The van der Waals surface area contributed by atoms with Gasteiger partial charge in [-0.25, -0.2) is 4.98 Å². The van der Waals surface area contributed by atoms with Crippen LogP contribution in [0, 0.1) is 0 Å². The Balaban J connectivity index is 1.80. The summed E-state index contributed by atoms with van der Waals surface area (Å²) in [7, 11) is 0. The second kappa shape index (κ2) is 6.05. The molecule has 0 fully saturated rings. The Kier molecular flexibility index (Phi) is 3.83.